The normalized spacial score (nSPS) is 12.5. The number of benzene rings is 6. The minimum Gasteiger partial charge on any atom is -0.327 e. The van der Waals surface area contributed by atoms with Gasteiger partial charge in [-0.15, -0.1) is 0 Å². The van der Waals surface area contributed by atoms with Crippen molar-refractivity contribution in [2.75, 3.05) is 0 Å². The van der Waals surface area contributed by atoms with Gasteiger partial charge in [0, 0.05) is 47.2 Å². The first-order valence-electron chi connectivity index (χ1n) is 15.8. The van der Waals surface area contributed by atoms with Crippen molar-refractivity contribution in [3.63, 3.8) is 0 Å². The van der Waals surface area contributed by atoms with E-state index in [1.807, 2.05) is 6.07 Å². The van der Waals surface area contributed by atoms with Gasteiger partial charge in [0.2, 0.25) is 0 Å². The molecule has 46 heavy (non-hydrogen) atoms. The molecule has 0 fully saturated rings. The summed E-state index contributed by atoms with van der Waals surface area (Å²) >= 11 is 0. The lowest BCUT2D eigenvalue weighted by Crippen LogP contribution is -1.97. The van der Waals surface area contributed by atoms with Crippen molar-refractivity contribution in [2.45, 2.75) is 6.42 Å². The van der Waals surface area contributed by atoms with Crippen LogP contribution in [0.3, 0.4) is 0 Å². The standard InChI is InChI=1S/C41H29N5/c1-44-35-17-8-6-15-33(35)42-40(44)27-11-9-12-29(23-27)46-34-16-7-5-14-31(34)32-20-18-28(24-37(32)46)41-43-39-36(45(41)2)21-19-26-22-25-10-3-4-13-30(25)38(26)39/h3-21,23-24H,22H2,1-2H3. The molecule has 6 aromatic carbocycles. The van der Waals surface area contributed by atoms with Crippen molar-refractivity contribution < 1.29 is 0 Å². The molecule has 0 N–H and O–H groups in total. The highest BCUT2D eigenvalue weighted by molar-refractivity contribution is 6.10. The maximum atomic E-state index is 5.34. The second-order valence-corrected chi connectivity index (χ2v) is 12.4. The maximum Gasteiger partial charge on any atom is 0.140 e. The van der Waals surface area contributed by atoms with Crippen LogP contribution >= 0.6 is 0 Å². The SMILES string of the molecule is Cn1c(-c2cccc(-n3c4ccccc4c4ccc(-c5nc6c7c(ccc6n5C)Cc5ccccc5-7)cc43)c2)nc2ccccc21. The summed E-state index contributed by atoms with van der Waals surface area (Å²) in [6.07, 6.45) is 0.965. The van der Waals surface area contributed by atoms with E-state index in [2.05, 4.69) is 149 Å². The number of hydrogen-bond acceptors (Lipinski definition) is 2. The van der Waals surface area contributed by atoms with Crippen LogP contribution in [0, 0.1) is 0 Å². The number of para-hydroxylation sites is 3. The van der Waals surface area contributed by atoms with Gasteiger partial charge in [0.15, 0.2) is 0 Å². The fourth-order valence-electron chi connectivity index (χ4n) is 7.71. The quantitative estimate of drug-likeness (QED) is 0.205. The second kappa shape index (κ2) is 9.29. The Morgan fingerprint density at radius 1 is 0.522 bits per heavy atom. The van der Waals surface area contributed by atoms with Gasteiger partial charge in [0.25, 0.3) is 0 Å². The first kappa shape index (κ1) is 25.4. The Hall–Kier alpha value is -5.94. The molecule has 3 heterocycles. The Bertz CT molecular complexity index is 2700. The van der Waals surface area contributed by atoms with E-state index in [4.69, 9.17) is 9.97 Å². The summed E-state index contributed by atoms with van der Waals surface area (Å²) in [5, 5.41) is 2.46. The number of rotatable bonds is 3. The molecule has 0 radical (unpaired) electrons. The number of nitrogens with zero attached hydrogens (tertiary/aromatic N) is 5. The molecule has 0 saturated heterocycles. The number of fused-ring (bicyclic) bond motifs is 9. The summed E-state index contributed by atoms with van der Waals surface area (Å²) in [7, 11) is 4.23. The van der Waals surface area contributed by atoms with Crippen LogP contribution in [-0.4, -0.2) is 23.7 Å². The van der Waals surface area contributed by atoms with Crippen LogP contribution in [0.15, 0.2) is 127 Å². The summed E-state index contributed by atoms with van der Waals surface area (Å²) in [5.41, 5.74) is 15.3. The molecular weight excluding hydrogens is 562 g/mol. The Morgan fingerprint density at radius 3 is 2.17 bits per heavy atom. The molecule has 5 heteroatoms. The molecular formula is C41H29N5. The summed E-state index contributed by atoms with van der Waals surface area (Å²) in [5.74, 6) is 1.93. The van der Waals surface area contributed by atoms with Crippen molar-refractivity contribution in [2.24, 2.45) is 14.1 Å². The van der Waals surface area contributed by atoms with Crippen LogP contribution in [0.2, 0.25) is 0 Å². The average molecular weight is 592 g/mol. The van der Waals surface area contributed by atoms with Gasteiger partial charge in [-0.1, -0.05) is 84.9 Å². The average Bonchev–Trinajstić information content (AvgIpc) is 3.83. The van der Waals surface area contributed by atoms with Gasteiger partial charge < -0.3 is 13.7 Å². The molecule has 1 aliphatic rings. The second-order valence-electron chi connectivity index (χ2n) is 12.4. The molecule has 0 atom stereocenters. The van der Waals surface area contributed by atoms with E-state index in [-0.39, 0.29) is 0 Å². The third kappa shape index (κ3) is 3.45. The Labute approximate surface area is 265 Å². The molecule has 1 aliphatic carbocycles. The molecule has 0 unspecified atom stereocenters. The molecule has 9 aromatic rings. The predicted octanol–water partition coefficient (Wildman–Crippen LogP) is 9.46. The highest BCUT2D eigenvalue weighted by Crippen LogP contribution is 2.42. The Morgan fingerprint density at radius 2 is 1.26 bits per heavy atom. The Balaban J connectivity index is 1.18. The number of hydrogen-bond donors (Lipinski definition) is 0. The van der Waals surface area contributed by atoms with Crippen LogP contribution in [-0.2, 0) is 20.5 Å². The fraction of sp³-hybridized carbons (Fsp3) is 0.0732. The van der Waals surface area contributed by atoms with E-state index in [9.17, 15) is 0 Å². The molecule has 218 valence electrons. The zero-order chi connectivity index (χ0) is 30.5. The van der Waals surface area contributed by atoms with E-state index < -0.39 is 0 Å². The van der Waals surface area contributed by atoms with E-state index >= 15 is 0 Å². The van der Waals surface area contributed by atoms with Crippen molar-refractivity contribution in [1.29, 1.82) is 0 Å². The summed E-state index contributed by atoms with van der Waals surface area (Å²) in [6, 6.07) is 45.8. The lowest BCUT2D eigenvalue weighted by Gasteiger charge is -2.11. The molecule has 0 saturated carbocycles. The molecule has 0 spiro atoms. The van der Waals surface area contributed by atoms with Crippen LogP contribution in [0.1, 0.15) is 11.1 Å². The predicted molar refractivity (Wildman–Crippen MR) is 188 cm³/mol. The minimum absolute atomic E-state index is 0.957. The first-order chi connectivity index (χ1) is 22.6. The molecule has 5 nitrogen and oxygen atoms in total. The van der Waals surface area contributed by atoms with Gasteiger partial charge in [0.05, 0.1) is 33.1 Å². The third-order valence-corrected chi connectivity index (χ3v) is 9.89. The van der Waals surface area contributed by atoms with Crippen LogP contribution in [0.4, 0.5) is 0 Å². The van der Waals surface area contributed by atoms with E-state index in [1.54, 1.807) is 0 Å². The highest BCUT2D eigenvalue weighted by Gasteiger charge is 2.24. The maximum absolute atomic E-state index is 5.34. The smallest absolute Gasteiger partial charge is 0.140 e. The van der Waals surface area contributed by atoms with Crippen LogP contribution < -0.4 is 0 Å². The van der Waals surface area contributed by atoms with Gasteiger partial charge in [-0.3, -0.25) is 0 Å². The summed E-state index contributed by atoms with van der Waals surface area (Å²) in [6.45, 7) is 0. The van der Waals surface area contributed by atoms with Crippen molar-refractivity contribution in [3.8, 4) is 39.6 Å². The summed E-state index contributed by atoms with van der Waals surface area (Å²) < 4.78 is 6.81. The fourth-order valence-corrected chi connectivity index (χ4v) is 7.71. The molecule has 3 aromatic heterocycles. The topological polar surface area (TPSA) is 40.6 Å². The van der Waals surface area contributed by atoms with E-state index in [0.29, 0.717) is 0 Å². The minimum atomic E-state index is 0.957. The third-order valence-electron chi connectivity index (χ3n) is 9.89. The lowest BCUT2D eigenvalue weighted by atomic mass is 10.0. The van der Waals surface area contributed by atoms with E-state index in [0.717, 1.165) is 62.5 Å². The number of aromatic nitrogens is 5. The van der Waals surface area contributed by atoms with Gasteiger partial charge in [-0.25, -0.2) is 9.97 Å². The van der Waals surface area contributed by atoms with Gasteiger partial charge in [0.1, 0.15) is 11.6 Å². The van der Waals surface area contributed by atoms with Crippen molar-refractivity contribution in [1.82, 2.24) is 23.7 Å². The van der Waals surface area contributed by atoms with Gasteiger partial charge in [-0.2, -0.15) is 0 Å². The number of aryl methyl sites for hydroxylation is 2. The molecule has 0 bridgehead atoms. The van der Waals surface area contributed by atoms with Crippen LogP contribution in [0.5, 0.6) is 0 Å². The molecule has 0 aliphatic heterocycles. The lowest BCUT2D eigenvalue weighted by molar-refractivity contribution is 0.958. The number of imidazole rings is 2. The van der Waals surface area contributed by atoms with Gasteiger partial charge >= 0.3 is 0 Å². The van der Waals surface area contributed by atoms with Crippen molar-refractivity contribution in [3.05, 3.63) is 139 Å². The van der Waals surface area contributed by atoms with Crippen molar-refractivity contribution >= 4 is 43.9 Å². The zero-order valence-corrected chi connectivity index (χ0v) is 25.6. The summed E-state index contributed by atoms with van der Waals surface area (Å²) in [4.78, 5) is 10.3. The van der Waals surface area contributed by atoms with Crippen LogP contribution in [0.25, 0.3) is 83.5 Å². The monoisotopic (exact) mass is 591 g/mol. The first-order valence-corrected chi connectivity index (χ1v) is 15.8. The molecule has 0 amide bonds. The van der Waals surface area contributed by atoms with E-state index in [1.165, 1.54) is 38.5 Å². The highest BCUT2D eigenvalue weighted by atomic mass is 15.1. The van der Waals surface area contributed by atoms with Gasteiger partial charge in [-0.05, 0) is 65.6 Å². The zero-order valence-electron chi connectivity index (χ0n) is 25.6. The largest absolute Gasteiger partial charge is 0.327 e. The Kier molecular flexibility index (Phi) is 5.13. The molecule has 10 rings (SSSR count).